The standard InChI is InChI=1S/C12H22O2.C4H10O.C2H6O2/c1-5-7-8-11(6-2)9-14-12(13)10(3)4;1-3-5-4-2;3-1-2-4/h11H,3,5-9H2,1-2,4H3;3-4H2,1-2H3;3-4H,1-2H2. The molecule has 0 aliphatic heterocycles. The van der Waals surface area contributed by atoms with Crippen LogP contribution in [0.3, 0.4) is 0 Å². The van der Waals surface area contributed by atoms with Crippen LogP contribution in [0.2, 0.25) is 0 Å². The third kappa shape index (κ3) is 26.3. The first-order valence-electron chi connectivity index (χ1n) is 8.56. The fraction of sp³-hybridized carbons (Fsp3) is 0.833. The molecule has 0 amide bonds. The van der Waals surface area contributed by atoms with E-state index in [1.807, 2.05) is 13.8 Å². The third-order valence-electron chi connectivity index (χ3n) is 2.85. The average molecular weight is 334 g/mol. The molecule has 0 fully saturated rings. The zero-order valence-corrected chi connectivity index (χ0v) is 15.8. The number of esters is 1. The smallest absolute Gasteiger partial charge is 0.333 e. The molecule has 0 aromatic carbocycles. The summed E-state index contributed by atoms with van der Waals surface area (Å²) < 4.78 is 9.95. The van der Waals surface area contributed by atoms with E-state index in [2.05, 4.69) is 20.4 Å². The van der Waals surface area contributed by atoms with Gasteiger partial charge in [-0.2, -0.15) is 0 Å². The molecule has 0 saturated carbocycles. The number of aliphatic hydroxyl groups excluding tert-OH is 2. The molecular weight excluding hydrogens is 296 g/mol. The van der Waals surface area contributed by atoms with Gasteiger partial charge in [0.05, 0.1) is 19.8 Å². The highest BCUT2D eigenvalue weighted by Crippen LogP contribution is 2.13. The fourth-order valence-electron chi connectivity index (χ4n) is 1.42. The molecule has 1 atom stereocenters. The van der Waals surface area contributed by atoms with Gasteiger partial charge in [-0.25, -0.2) is 4.79 Å². The quantitative estimate of drug-likeness (QED) is 0.473. The highest BCUT2D eigenvalue weighted by molar-refractivity contribution is 5.86. The van der Waals surface area contributed by atoms with Gasteiger partial charge in [-0.1, -0.05) is 39.7 Å². The largest absolute Gasteiger partial charge is 0.462 e. The summed E-state index contributed by atoms with van der Waals surface area (Å²) in [6.45, 7) is 15.5. The van der Waals surface area contributed by atoms with Crippen LogP contribution < -0.4 is 0 Å². The highest BCUT2D eigenvalue weighted by atomic mass is 16.5. The van der Waals surface area contributed by atoms with E-state index in [0.717, 1.165) is 26.1 Å². The molecule has 0 radical (unpaired) electrons. The molecule has 0 saturated heterocycles. The van der Waals surface area contributed by atoms with Crippen molar-refractivity contribution in [2.45, 2.75) is 60.3 Å². The zero-order chi connectivity index (χ0) is 18.5. The van der Waals surface area contributed by atoms with E-state index in [-0.39, 0.29) is 19.2 Å². The Morgan fingerprint density at radius 3 is 1.87 bits per heavy atom. The van der Waals surface area contributed by atoms with E-state index in [9.17, 15) is 4.79 Å². The second-order valence-corrected chi connectivity index (χ2v) is 5.02. The van der Waals surface area contributed by atoms with Crippen molar-refractivity contribution < 1.29 is 24.5 Å². The Hall–Kier alpha value is -0.910. The summed E-state index contributed by atoms with van der Waals surface area (Å²) in [5.74, 6) is 0.248. The average Bonchev–Trinajstić information content (AvgIpc) is 2.56. The lowest BCUT2D eigenvalue weighted by atomic mass is 10.0. The minimum absolute atomic E-state index is 0.125. The molecule has 0 aromatic rings. The van der Waals surface area contributed by atoms with E-state index in [4.69, 9.17) is 19.7 Å². The van der Waals surface area contributed by atoms with Crippen LogP contribution in [-0.4, -0.2) is 49.2 Å². The summed E-state index contributed by atoms with van der Waals surface area (Å²) in [7, 11) is 0. The number of carbonyl (C=O) groups is 1. The molecule has 23 heavy (non-hydrogen) atoms. The molecule has 0 bridgehead atoms. The van der Waals surface area contributed by atoms with Gasteiger partial charge in [0.1, 0.15) is 0 Å². The summed E-state index contributed by atoms with van der Waals surface area (Å²) in [5.41, 5.74) is 0.482. The second kappa shape index (κ2) is 23.4. The van der Waals surface area contributed by atoms with E-state index in [1.165, 1.54) is 12.8 Å². The maximum absolute atomic E-state index is 11.1. The molecule has 1 unspecified atom stereocenters. The van der Waals surface area contributed by atoms with Crippen LogP contribution in [0.4, 0.5) is 0 Å². The van der Waals surface area contributed by atoms with Gasteiger partial charge >= 0.3 is 5.97 Å². The van der Waals surface area contributed by atoms with Crippen LogP contribution in [-0.2, 0) is 14.3 Å². The predicted octanol–water partition coefficient (Wildman–Crippen LogP) is 3.34. The number of unbranched alkanes of at least 4 members (excludes halogenated alkanes) is 1. The number of aliphatic hydroxyl groups is 2. The van der Waals surface area contributed by atoms with Crippen LogP contribution in [0.5, 0.6) is 0 Å². The van der Waals surface area contributed by atoms with Crippen molar-refractivity contribution in [1.82, 2.24) is 0 Å². The Morgan fingerprint density at radius 1 is 1.09 bits per heavy atom. The van der Waals surface area contributed by atoms with Crippen LogP contribution in [0, 0.1) is 5.92 Å². The maximum atomic E-state index is 11.1. The van der Waals surface area contributed by atoms with Gasteiger partial charge in [0.2, 0.25) is 0 Å². The predicted molar refractivity (Wildman–Crippen MR) is 95.4 cm³/mol. The molecular formula is C18H38O5. The van der Waals surface area contributed by atoms with E-state index in [1.54, 1.807) is 6.92 Å². The highest BCUT2D eigenvalue weighted by Gasteiger charge is 2.09. The van der Waals surface area contributed by atoms with Gasteiger partial charge in [-0.15, -0.1) is 0 Å². The van der Waals surface area contributed by atoms with Gasteiger partial charge < -0.3 is 19.7 Å². The van der Waals surface area contributed by atoms with Crippen LogP contribution in [0.25, 0.3) is 0 Å². The van der Waals surface area contributed by atoms with E-state index in [0.29, 0.717) is 18.1 Å². The van der Waals surface area contributed by atoms with Gasteiger partial charge in [0.25, 0.3) is 0 Å². The van der Waals surface area contributed by atoms with Crippen LogP contribution in [0.15, 0.2) is 12.2 Å². The molecule has 0 aliphatic rings. The van der Waals surface area contributed by atoms with Crippen LogP contribution in [0.1, 0.15) is 60.3 Å². The minimum atomic E-state index is -0.264. The van der Waals surface area contributed by atoms with Crippen molar-refractivity contribution in [2.75, 3.05) is 33.0 Å². The van der Waals surface area contributed by atoms with Crippen molar-refractivity contribution in [3.05, 3.63) is 12.2 Å². The summed E-state index contributed by atoms with van der Waals surface area (Å²) >= 11 is 0. The third-order valence-corrected chi connectivity index (χ3v) is 2.85. The molecule has 5 heteroatoms. The van der Waals surface area contributed by atoms with E-state index < -0.39 is 0 Å². The van der Waals surface area contributed by atoms with E-state index >= 15 is 0 Å². The lowest BCUT2D eigenvalue weighted by Crippen LogP contribution is -2.14. The maximum Gasteiger partial charge on any atom is 0.333 e. The van der Waals surface area contributed by atoms with Crippen molar-refractivity contribution in [3.8, 4) is 0 Å². The summed E-state index contributed by atoms with van der Waals surface area (Å²) in [5, 5.41) is 15.2. The van der Waals surface area contributed by atoms with Gasteiger partial charge in [-0.05, 0) is 33.1 Å². The fourth-order valence-corrected chi connectivity index (χ4v) is 1.42. The van der Waals surface area contributed by atoms with Crippen molar-refractivity contribution in [2.24, 2.45) is 5.92 Å². The summed E-state index contributed by atoms with van der Waals surface area (Å²) in [4.78, 5) is 11.1. The topological polar surface area (TPSA) is 76.0 Å². The Balaban J connectivity index is -0.000000365. The molecule has 2 N–H and O–H groups in total. The Labute approximate surface area is 142 Å². The number of rotatable bonds is 10. The van der Waals surface area contributed by atoms with Crippen molar-refractivity contribution in [1.29, 1.82) is 0 Å². The zero-order valence-electron chi connectivity index (χ0n) is 15.8. The normalized spacial score (nSPS) is 10.6. The lowest BCUT2D eigenvalue weighted by Gasteiger charge is -2.14. The molecule has 5 nitrogen and oxygen atoms in total. The number of hydrogen-bond donors (Lipinski definition) is 2. The first kappa shape index (κ1) is 27.0. The summed E-state index contributed by atoms with van der Waals surface area (Å²) in [6.07, 6.45) is 4.63. The molecule has 0 aliphatic carbocycles. The first-order chi connectivity index (χ1) is 10.9. The number of hydrogen-bond acceptors (Lipinski definition) is 5. The van der Waals surface area contributed by atoms with Crippen molar-refractivity contribution >= 4 is 5.97 Å². The SMILES string of the molecule is C=C(C)C(=O)OCC(CC)CCCC.CCOCC.OCCO. The van der Waals surface area contributed by atoms with Gasteiger partial charge in [0, 0.05) is 18.8 Å². The lowest BCUT2D eigenvalue weighted by molar-refractivity contribution is -0.140. The second-order valence-electron chi connectivity index (χ2n) is 5.02. The molecule has 0 rings (SSSR count). The van der Waals surface area contributed by atoms with Gasteiger partial charge in [-0.3, -0.25) is 0 Å². The monoisotopic (exact) mass is 334 g/mol. The Morgan fingerprint density at radius 2 is 1.61 bits per heavy atom. The number of ether oxygens (including phenoxy) is 2. The Kier molecular flexibility index (Phi) is 27.4. The Bertz CT molecular complexity index is 250. The number of carbonyl (C=O) groups excluding carboxylic acids is 1. The van der Waals surface area contributed by atoms with Gasteiger partial charge in [0.15, 0.2) is 0 Å². The van der Waals surface area contributed by atoms with Crippen LogP contribution >= 0.6 is 0 Å². The first-order valence-corrected chi connectivity index (χ1v) is 8.56. The molecule has 0 heterocycles. The summed E-state index contributed by atoms with van der Waals surface area (Å²) in [6, 6.07) is 0. The molecule has 140 valence electrons. The van der Waals surface area contributed by atoms with Crippen molar-refractivity contribution in [3.63, 3.8) is 0 Å². The molecule has 0 aromatic heterocycles. The minimum Gasteiger partial charge on any atom is -0.462 e. The molecule has 0 spiro atoms.